The van der Waals surface area contributed by atoms with Crippen molar-refractivity contribution in [2.45, 2.75) is 13.3 Å². The Kier molecular flexibility index (Phi) is 3.58. The first-order valence-corrected chi connectivity index (χ1v) is 8.25. The molecule has 4 aromatic rings. The van der Waals surface area contributed by atoms with Crippen molar-refractivity contribution in [3.8, 4) is 5.69 Å². The van der Waals surface area contributed by atoms with Crippen LogP contribution >= 0.6 is 11.6 Å². The average molecular weight is 335 g/mol. The van der Waals surface area contributed by atoms with E-state index in [-0.39, 0.29) is 5.43 Å². The molecule has 3 nitrogen and oxygen atoms in total. The van der Waals surface area contributed by atoms with E-state index in [2.05, 4.69) is 36.2 Å². The highest BCUT2D eigenvalue weighted by molar-refractivity contribution is 6.31. The molecule has 24 heavy (non-hydrogen) atoms. The molecule has 0 amide bonds. The minimum Gasteiger partial charge on any atom is -0.294 e. The molecule has 4 rings (SSSR count). The third kappa shape index (κ3) is 2.29. The van der Waals surface area contributed by atoms with Crippen LogP contribution in [0.1, 0.15) is 12.5 Å². The molecule has 0 saturated heterocycles. The normalized spacial score (nSPS) is 11.2. The second kappa shape index (κ2) is 5.77. The summed E-state index contributed by atoms with van der Waals surface area (Å²) in [4.78, 5) is 17.3. The van der Waals surface area contributed by atoms with Gasteiger partial charge in [0.15, 0.2) is 5.43 Å². The highest BCUT2D eigenvalue weighted by atomic mass is 35.5. The molecule has 0 aliphatic carbocycles. The molecule has 0 radical (unpaired) electrons. The highest BCUT2D eigenvalue weighted by Gasteiger charge is 2.13. The lowest BCUT2D eigenvalue weighted by atomic mass is 10.1. The predicted octanol–water partition coefficient (Wildman–Crippen LogP) is 4.75. The van der Waals surface area contributed by atoms with E-state index in [1.165, 1.54) is 5.56 Å². The number of hydrogen-bond acceptors (Lipinski definition) is 2. The van der Waals surface area contributed by atoms with Crippen molar-refractivity contribution in [2.75, 3.05) is 0 Å². The fourth-order valence-electron chi connectivity index (χ4n) is 3.04. The van der Waals surface area contributed by atoms with Crippen LogP contribution in [-0.4, -0.2) is 9.55 Å². The Hall–Kier alpha value is -2.65. The number of aryl methyl sites for hydroxylation is 1. The van der Waals surface area contributed by atoms with Crippen LogP contribution in [0.4, 0.5) is 0 Å². The molecule has 0 N–H and O–H groups in total. The van der Waals surface area contributed by atoms with Crippen LogP contribution in [-0.2, 0) is 6.42 Å². The van der Waals surface area contributed by atoms with Gasteiger partial charge in [0.05, 0.1) is 10.9 Å². The van der Waals surface area contributed by atoms with Crippen LogP contribution in [0, 0.1) is 0 Å². The second-order valence-corrected chi connectivity index (χ2v) is 6.16. The number of fused-ring (bicyclic) bond motifs is 2. The first-order chi connectivity index (χ1) is 11.7. The Morgan fingerprint density at radius 3 is 2.58 bits per heavy atom. The van der Waals surface area contributed by atoms with Crippen molar-refractivity contribution in [3.63, 3.8) is 0 Å². The molecule has 0 atom stereocenters. The Balaban J connectivity index is 2.18. The van der Waals surface area contributed by atoms with E-state index in [4.69, 9.17) is 11.6 Å². The van der Waals surface area contributed by atoms with E-state index in [9.17, 15) is 4.79 Å². The number of aromatic nitrogens is 2. The van der Waals surface area contributed by atoms with Gasteiger partial charge in [-0.15, -0.1) is 0 Å². The molecule has 0 unspecified atom stereocenters. The van der Waals surface area contributed by atoms with Gasteiger partial charge in [0.1, 0.15) is 5.65 Å². The van der Waals surface area contributed by atoms with E-state index in [0.29, 0.717) is 21.4 Å². The molecular weight excluding hydrogens is 320 g/mol. The zero-order chi connectivity index (χ0) is 16.7. The van der Waals surface area contributed by atoms with Gasteiger partial charge in [-0.3, -0.25) is 9.36 Å². The summed E-state index contributed by atoms with van der Waals surface area (Å²) in [6.45, 7) is 2.13. The molecule has 2 heterocycles. The Morgan fingerprint density at radius 1 is 1.04 bits per heavy atom. The largest absolute Gasteiger partial charge is 0.294 e. The molecular formula is C20H15ClN2O. The molecule has 0 spiro atoms. The number of rotatable bonds is 2. The third-order valence-electron chi connectivity index (χ3n) is 4.29. The maximum atomic E-state index is 12.8. The zero-order valence-corrected chi connectivity index (χ0v) is 13.9. The lowest BCUT2D eigenvalue weighted by molar-refractivity contribution is 1.09. The van der Waals surface area contributed by atoms with E-state index < -0.39 is 0 Å². The summed E-state index contributed by atoms with van der Waals surface area (Å²) >= 11 is 6.12. The van der Waals surface area contributed by atoms with E-state index >= 15 is 0 Å². The van der Waals surface area contributed by atoms with Gasteiger partial charge in [0.25, 0.3) is 0 Å². The summed E-state index contributed by atoms with van der Waals surface area (Å²) in [5, 5.41) is 1.74. The van der Waals surface area contributed by atoms with Gasteiger partial charge in [-0.25, -0.2) is 4.98 Å². The minimum atomic E-state index is -0.0444. The van der Waals surface area contributed by atoms with Crippen molar-refractivity contribution in [1.82, 2.24) is 9.55 Å². The number of pyridine rings is 2. The van der Waals surface area contributed by atoms with E-state index in [1.54, 1.807) is 24.4 Å². The summed E-state index contributed by atoms with van der Waals surface area (Å²) < 4.78 is 2.02. The maximum Gasteiger partial charge on any atom is 0.198 e. The lowest BCUT2D eigenvalue weighted by Gasteiger charge is -2.15. The van der Waals surface area contributed by atoms with Crippen molar-refractivity contribution >= 4 is 33.5 Å². The highest BCUT2D eigenvalue weighted by Crippen LogP contribution is 2.25. The molecule has 118 valence electrons. The van der Waals surface area contributed by atoms with Gasteiger partial charge < -0.3 is 0 Å². The van der Waals surface area contributed by atoms with Gasteiger partial charge in [-0.1, -0.05) is 30.7 Å². The van der Waals surface area contributed by atoms with E-state index in [1.807, 2.05) is 16.7 Å². The number of nitrogens with zero attached hydrogens (tertiary/aromatic N) is 2. The Morgan fingerprint density at radius 2 is 1.83 bits per heavy atom. The summed E-state index contributed by atoms with van der Waals surface area (Å²) in [5.74, 6) is 0. The van der Waals surface area contributed by atoms with Crippen LogP contribution < -0.4 is 5.43 Å². The predicted molar refractivity (Wildman–Crippen MR) is 99.2 cm³/mol. The summed E-state index contributed by atoms with van der Waals surface area (Å²) in [7, 11) is 0. The SMILES string of the molecule is CCc1ccc(-n2c3ccc(Cl)cc3c(=O)c3cccnc32)cc1. The molecule has 0 aliphatic rings. The summed E-state index contributed by atoms with van der Waals surface area (Å²) in [6, 6.07) is 17.3. The minimum absolute atomic E-state index is 0.0444. The fraction of sp³-hybridized carbons (Fsp3) is 0.100. The third-order valence-corrected chi connectivity index (χ3v) is 4.53. The summed E-state index contributed by atoms with van der Waals surface area (Å²) in [6.07, 6.45) is 2.69. The van der Waals surface area contributed by atoms with Crippen LogP contribution in [0.2, 0.25) is 5.02 Å². The van der Waals surface area contributed by atoms with E-state index in [0.717, 1.165) is 17.6 Å². The molecule has 2 aromatic carbocycles. The van der Waals surface area contributed by atoms with Crippen molar-refractivity contribution in [1.29, 1.82) is 0 Å². The Bertz CT molecular complexity index is 1110. The molecule has 4 heteroatoms. The summed E-state index contributed by atoms with van der Waals surface area (Å²) in [5.41, 5.74) is 3.66. The van der Waals surface area contributed by atoms with Gasteiger partial charge in [0.2, 0.25) is 0 Å². The van der Waals surface area contributed by atoms with Gasteiger partial charge >= 0.3 is 0 Å². The maximum absolute atomic E-state index is 12.8. The molecule has 0 aliphatic heterocycles. The Labute approximate surface area is 144 Å². The zero-order valence-electron chi connectivity index (χ0n) is 13.2. The van der Waals surface area contributed by atoms with Crippen LogP contribution in [0.3, 0.4) is 0 Å². The van der Waals surface area contributed by atoms with Gasteiger partial charge in [0, 0.05) is 22.3 Å². The number of halogens is 1. The van der Waals surface area contributed by atoms with Crippen LogP contribution in [0.5, 0.6) is 0 Å². The smallest absolute Gasteiger partial charge is 0.198 e. The quantitative estimate of drug-likeness (QED) is 0.496. The second-order valence-electron chi connectivity index (χ2n) is 5.72. The number of hydrogen-bond donors (Lipinski definition) is 0. The van der Waals surface area contributed by atoms with Gasteiger partial charge in [-0.05, 0) is 54.4 Å². The lowest BCUT2D eigenvalue weighted by Crippen LogP contribution is -2.11. The van der Waals surface area contributed by atoms with Gasteiger partial charge in [-0.2, -0.15) is 0 Å². The average Bonchev–Trinajstić information content (AvgIpc) is 2.63. The topological polar surface area (TPSA) is 34.9 Å². The monoisotopic (exact) mass is 334 g/mol. The molecule has 0 fully saturated rings. The van der Waals surface area contributed by atoms with Crippen LogP contribution in [0.15, 0.2) is 65.6 Å². The molecule has 0 bridgehead atoms. The standard InChI is InChI=1S/C20H15ClN2O/c1-2-13-5-8-15(9-6-13)23-18-10-7-14(21)12-17(18)19(24)16-4-3-11-22-20(16)23/h3-12H,2H2,1H3. The number of benzene rings is 2. The van der Waals surface area contributed by atoms with Crippen molar-refractivity contribution < 1.29 is 0 Å². The molecule has 2 aromatic heterocycles. The first-order valence-electron chi connectivity index (χ1n) is 7.87. The van der Waals surface area contributed by atoms with Crippen LogP contribution in [0.25, 0.3) is 27.6 Å². The fourth-order valence-corrected chi connectivity index (χ4v) is 3.21. The first kappa shape index (κ1) is 14.9. The van der Waals surface area contributed by atoms with Crippen molar-refractivity contribution in [2.24, 2.45) is 0 Å². The van der Waals surface area contributed by atoms with Crippen molar-refractivity contribution in [3.05, 3.63) is 81.6 Å². The molecule has 0 saturated carbocycles.